The number of carbonyl (C=O) groups excluding carboxylic acids is 4. The summed E-state index contributed by atoms with van der Waals surface area (Å²) in [6.45, 7) is 8.06. The zero-order chi connectivity index (χ0) is 38.5. The van der Waals surface area contributed by atoms with Gasteiger partial charge < -0.3 is 37.9 Å². The summed E-state index contributed by atoms with van der Waals surface area (Å²) in [6.07, 6.45) is -3.70. The number of rotatable bonds is 15. The second kappa shape index (κ2) is 19.9. The highest BCUT2D eigenvalue weighted by atomic mass is 16.8. The Labute approximate surface area is 315 Å². The second-order valence-corrected chi connectivity index (χ2v) is 12.5. The Morgan fingerprint density at radius 2 is 0.796 bits per heavy atom. The van der Waals surface area contributed by atoms with E-state index in [1.54, 1.807) is 26.0 Å². The first-order valence-electron chi connectivity index (χ1n) is 18.4. The Morgan fingerprint density at radius 1 is 0.481 bits per heavy atom. The molecule has 2 aliphatic heterocycles. The molecule has 2 heterocycles. The molecular weight excluding hydrogens is 696 g/mol. The molecule has 3 aromatic rings. The maximum absolute atomic E-state index is 12.8. The van der Waals surface area contributed by atoms with Crippen molar-refractivity contribution in [2.45, 2.75) is 90.4 Å². The molecule has 0 amide bonds. The molecule has 0 unspecified atom stereocenters. The molecule has 286 valence electrons. The van der Waals surface area contributed by atoms with Crippen LogP contribution in [0.5, 0.6) is 0 Å². The topological polar surface area (TPSA) is 142 Å². The van der Waals surface area contributed by atoms with Crippen LogP contribution in [0, 0.1) is 11.8 Å². The lowest BCUT2D eigenvalue weighted by Crippen LogP contribution is -2.39. The maximum atomic E-state index is 12.8. The van der Waals surface area contributed by atoms with Gasteiger partial charge in [0.05, 0.1) is 26.4 Å². The van der Waals surface area contributed by atoms with Gasteiger partial charge in [-0.15, -0.1) is 0 Å². The molecule has 0 N–H and O–H groups in total. The van der Waals surface area contributed by atoms with E-state index < -0.39 is 60.9 Å². The Balaban J connectivity index is 1.20. The van der Waals surface area contributed by atoms with Crippen molar-refractivity contribution in [3.63, 3.8) is 0 Å². The van der Waals surface area contributed by atoms with Gasteiger partial charge in [0.2, 0.25) is 0 Å². The van der Waals surface area contributed by atoms with Crippen LogP contribution in [-0.2, 0) is 57.1 Å². The summed E-state index contributed by atoms with van der Waals surface area (Å²) in [6, 6.07) is 22.4. The number of benzene rings is 3. The first-order chi connectivity index (χ1) is 26.3. The van der Waals surface area contributed by atoms with Gasteiger partial charge in [0.25, 0.3) is 0 Å². The first-order valence-corrected chi connectivity index (χ1v) is 18.4. The highest BCUT2D eigenvalue weighted by Gasteiger charge is 2.48. The van der Waals surface area contributed by atoms with E-state index >= 15 is 0 Å². The van der Waals surface area contributed by atoms with Crippen molar-refractivity contribution in [1.29, 1.82) is 0 Å². The molecule has 54 heavy (non-hydrogen) atoms. The number of unbranched alkanes of at least 4 members (excludes halogenated alkanes) is 2. The lowest BCUT2D eigenvalue weighted by molar-refractivity contribution is -0.163. The molecule has 2 aliphatic rings. The SMILES string of the molecule is CCCCOC(=O)[C@@H]1OC(c2ccc(C#Cc3ccc(-c4ccc(C5O[C@@H](C(=O)OCC)[C@H](C(=O)OCC)O5)cc4)cc3)cc2)O[C@H]1C(=O)OCCCC. The third-order valence-electron chi connectivity index (χ3n) is 8.55. The van der Waals surface area contributed by atoms with Crippen molar-refractivity contribution >= 4 is 23.9 Å². The van der Waals surface area contributed by atoms with Gasteiger partial charge in [-0.3, -0.25) is 0 Å². The molecule has 0 aliphatic carbocycles. The molecule has 3 aromatic carbocycles. The standard InChI is InChI=1S/C42H46O12/c1-5-9-25-49-39(45)35-36(40(46)50-26-10-6-2)54-41(53-35)31-19-15-28(16-20-31)12-11-27-13-17-29(18-14-27)30-21-23-32(24-22-30)42-51-33(37(43)47-7-3)34(52-42)38(44)48-8-4/h13-24,33-36,41-42H,5-10,25-26H2,1-4H3/t33-,34-,35-,36-/m1/s1. The molecule has 4 atom stereocenters. The molecular formula is C42H46O12. The zero-order valence-electron chi connectivity index (χ0n) is 30.9. The van der Waals surface area contributed by atoms with Crippen LogP contribution >= 0.6 is 0 Å². The Morgan fingerprint density at radius 3 is 1.15 bits per heavy atom. The minimum atomic E-state index is -1.23. The van der Waals surface area contributed by atoms with Crippen molar-refractivity contribution in [1.82, 2.24) is 0 Å². The predicted molar refractivity (Wildman–Crippen MR) is 194 cm³/mol. The lowest BCUT2D eigenvalue weighted by atomic mass is 10.0. The van der Waals surface area contributed by atoms with Crippen LogP contribution in [0.25, 0.3) is 11.1 Å². The largest absolute Gasteiger partial charge is 0.464 e. The predicted octanol–water partition coefficient (Wildman–Crippen LogP) is 6.13. The minimum Gasteiger partial charge on any atom is -0.464 e. The van der Waals surface area contributed by atoms with Crippen molar-refractivity contribution < 1.29 is 57.1 Å². The van der Waals surface area contributed by atoms with Crippen molar-refractivity contribution in [2.24, 2.45) is 0 Å². The van der Waals surface area contributed by atoms with Crippen molar-refractivity contribution in [2.75, 3.05) is 26.4 Å². The van der Waals surface area contributed by atoms with Crippen molar-refractivity contribution in [3.8, 4) is 23.0 Å². The van der Waals surface area contributed by atoms with E-state index in [-0.39, 0.29) is 26.4 Å². The van der Waals surface area contributed by atoms with Gasteiger partial charge in [-0.25, -0.2) is 19.2 Å². The fourth-order valence-electron chi connectivity index (χ4n) is 5.61. The summed E-state index contributed by atoms with van der Waals surface area (Å²) in [5.74, 6) is 3.64. The highest BCUT2D eigenvalue weighted by molar-refractivity contribution is 5.87. The van der Waals surface area contributed by atoms with Gasteiger partial charge >= 0.3 is 23.9 Å². The Hall–Kier alpha value is -5.06. The van der Waals surface area contributed by atoms with E-state index in [9.17, 15) is 19.2 Å². The van der Waals surface area contributed by atoms with Crippen LogP contribution in [0.15, 0.2) is 72.8 Å². The van der Waals surface area contributed by atoms with Gasteiger partial charge in [-0.05, 0) is 62.1 Å². The molecule has 12 heteroatoms. The summed E-state index contributed by atoms with van der Waals surface area (Å²) in [5, 5.41) is 0. The molecule has 12 nitrogen and oxygen atoms in total. The number of carbonyl (C=O) groups is 4. The molecule has 0 saturated carbocycles. The summed E-state index contributed by atoms with van der Waals surface area (Å²) in [5.41, 5.74) is 4.69. The van der Waals surface area contributed by atoms with E-state index in [0.717, 1.165) is 35.1 Å². The fraction of sp³-hybridized carbons (Fsp3) is 0.429. The van der Waals surface area contributed by atoms with E-state index in [0.29, 0.717) is 24.0 Å². The maximum Gasteiger partial charge on any atom is 0.338 e. The van der Waals surface area contributed by atoms with Gasteiger partial charge in [-0.2, -0.15) is 0 Å². The quantitative estimate of drug-likeness (QED) is 0.0765. The number of hydrogen-bond acceptors (Lipinski definition) is 12. The second-order valence-electron chi connectivity index (χ2n) is 12.5. The molecule has 2 fully saturated rings. The smallest absolute Gasteiger partial charge is 0.338 e. The average Bonchev–Trinajstić information content (AvgIpc) is 3.85. The van der Waals surface area contributed by atoms with E-state index in [2.05, 4.69) is 11.8 Å². The average molecular weight is 743 g/mol. The van der Waals surface area contributed by atoms with Gasteiger partial charge in [0.15, 0.2) is 37.0 Å². The minimum absolute atomic E-state index is 0.139. The summed E-state index contributed by atoms with van der Waals surface area (Å²) >= 11 is 0. The van der Waals surface area contributed by atoms with Gasteiger partial charge in [0.1, 0.15) is 0 Å². The Bertz CT molecular complexity index is 1720. The van der Waals surface area contributed by atoms with Crippen molar-refractivity contribution in [3.05, 3.63) is 95.1 Å². The van der Waals surface area contributed by atoms with Crippen LogP contribution in [0.1, 0.15) is 88.2 Å². The van der Waals surface area contributed by atoms with Crippen LogP contribution in [0.2, 0.25) is 0 Å². The van der Waals surface area contributed by atoms with Crippen LogP contribution < -0.4 is 0 Å². The first kappa shape index (κ1) is 40.1. The number of esters is 4. The molecule has 2 saturated heterocycles. The van der Waals surface area contributed by atoms with Gasteiger partial charge in [-0.1, -0.05) is 87.1 Å². The normalized spacial score (nSPS) is 19.8. The highest BCUT2D eigenvalue weighted by Crippen LogP contribution is 2.35. The van der Waals surface area contributed by atoms with E-state index in [1.165, 1.54) is 0 Å². The molecule has 0 bridgehead atoms. The molecule has 5 rings (SSSR count). The summed E-state index contributed by atoms with van der Waals surface area (Å²) in [4.78, 5) is 50.4. The Kier molecular flexibility index (Phi) is 14.8. The third kappa shape index (κ3) is 10.3. The van der Waals surface area contributed by atoms with Crippen LogP contribution in [0.4, 0.5) is 0 Å². The number of hydrogen-bond donors (Lipinski definition) is 0. The third-order valence-corrected chi connectivity index (χ3v) is 8.55. The monoisotopic (exact) mass is 742 g/mol. The summed E-state index contributed by atoms with van der Waals surface area (Å²) < 4.78 is 44.2. The molecule has 0 spiro atoms. The molecule has 0 aromatic heterocycles. The molecule has 0 radical (unpaired) electrons. The lowest BCUT2D eigenvalue weighted by Gasteiger charge is -2.14. The van der Waals surface area contributed by atoms with E-state index in [1.807, 2.05) is 74.5 Å². The number of ether oxygens (including phenoxy) is 8. The fourth-order valence-corrected chi connectivity index (χ4v) is 5.61. The zero-order valence-corrected chi connectivity index (χ0v) is 30.9. The van der Waals surface area contributed by atoms with Gasteiger partial charge in [0, 0.05) is 22.3 Å². The van der Waals surface area contributed by atoms with Crippen LogP contribution in [-0.4, -0.2) is 74.7 Å². The van der Waals surface area contributed by atoms with E-state index in [4.69, 9.17) is 37.9 Å². The van der Waals surface area contributed by atoms with Crippen LogP contribution in [0.3, 0.4) is 0 Å². The summed E-state index contributed by atoms with van der Waals surface area (Å²) in [7, 11) is 0.